The molecule has 2 heterocycles. The number of hydrogen-bond acceptors (Lipinski definition) is 9. The first-order valence-corrected chi connectivity index (χ1v) is 11.3. The van der Waals surface area contributed by atoms with Gasteiger partial charge >= 0.3 is 19.4 Å². The molecule has 0 unspecified atom stereocenters. The van der Waals surface area contributed by atoms with Gasteiger partial charge in [-0.15, -0.1) is 0 Å². The number of carboxylic acids is 1. The summed E-state index contributed by atoms with van der Waals surface area (Å²) in [5, 5.41) is 21.9. The van der Waals surface area contributed by atoms with E-state index in [9.17, 15) is 19.3 Å². The van der Waals surface area contributed by atoms with Crippen LogP contribution in [0.1, 0.15) is 20.1 Å². The lowest BCUT2D eigenvalue weighted by Crippen LogP contribution is -2.43. The molecule has 0 aliphatic carbocycles. The number of nitrogens with two attached hydrogens (primary N) is 1. The van der Waals surface area contributed by atoms with Gasteiger partial charge in [0.2, 0.25) is 0 Å². The summed E-state index contributed by atoms with van der Waals surface area (Å²) in [5.74, 6) is -1.28. The maximum Gasteiger partial charge on any atom is 0.459 e. The van der Waals surface area contributed by atoms with Crippen LogP contribution in [0.3, 0.4) is 0 Å². The van der Waals surface area contributed by atoms with E-state index in [2.05, 4.69) is 10.1 Å². The number of anilines is 1. The van der Waals surface area contributed by atoms with Crippen LogP contribution in [0.4, 0.5) is 10.2 Å². The molecule has 0 bridgehead atoms. The number of nitrogens with one attached hydrogen (secondary N) is 1. The van der Waals surface area contributed by atoms with Crippen LogP contribution in [0.15, 0.2) is 47.4 Å². The highest BCUT2D eigenvalue weighted by molar-refractivity contribution is 7.52. The van der Waals surface area contributed by atoms with Crippen molar-refractivity contribution in [2.45, 2.75) is 44.0 Å². The van der Waals surface area contributed by atoms with E-state index in [1.165, 1.54) is 31.3 Å². The summed E-state index contributed by atoms with van der Waals surface area (Å²) in [7, 11) is -4.32. The quantitative estimate of drug-likeness (QED) is 0.373. The van der Waals surface area contributed by atoms with Crippen molar-refractivity contribution < 1.29 is 37.7 Å². The van der Waals surface area contributed by atoms with Gasteiger partial charge in [-0.3, -0.25) is 13.9 Å². The molecule has 1 aromatic heterocycles. The largest absolute Gasteiger partial charge is 0.480 e. The van der Waals surface area contributed by atoms with Gasteiger partial charge in [-0.2, -0.15) is 10.1 Å². The smallest absolute Gasteiger partial charge is 0.459 e. The third kappa shape index (κ3) is 5.57. The maximum atomic E-state index is 15.3. The number of aliphatic hydroxyl groups is 1. The third-order valence-corrected chi connectivity index (χ3v) is 6.56. The Kier molecular flexibility index (Phi) is 7.20. The van der Waals surface area contributed by atoms with Crippen LogP contribution in [0.2, 0.25) is 0 Å². The van der Waals surface area contributed by atoms with Gasteiger partial charge in [0.05, 0.1) is 6.61 Å². The molecule has 3 rings (SSSR count). The lowest BCUT2D eigenvalue weighted by atomic mass is 9.98. The minimum atomic E-state index is -4.32. The number of aliphatic hydroxyl groups excluding tert-OH is 1. The Morgan fingerprint density at radius 3 is 2.70 bits per heavy atom. The topological polar surface area (TPSA) is 175 Å². The van der Waals surface area contributed by atoms with Crippen LogP contribution >= 0.6 is 7.75 Å². The Hall–Kier alpha value is -2.83. The normalized spacial score (nSPS) is 27.6. The summed E-state index contributed by atoms with van der Waals surface area (Å²) in [6.07, 6.45) is -3.59. The first kappa shape index (κ1) is 24.8. The Morgan fingerprint density at radius 2 is 2.09 bits per heavy atom. The predicted octanol–water partition coefficient (Wildman–Crippen LogP) is 1.08. The monoisotopic (exact) mass is 486 g/mol. The molecule has 1 fully saturated rings. The molecule has 6 atom stereocenters. The summed E-state index contributed by atoms with van der Waals surface area (Å²) < 4.78 is 45.6. The number of halogens is 1. The summed E-state index contributed by atoms with van der Waals surface area (Å²) in [5.41, 5.74) is 2.09. The van der Waals surface area contributed by atoms with Gasteiger partial charge in [0, 0.05) is 6.20 Å². The molecule has 33 heavy (non-hydrogen) atoms. The Labute approximate surface area is 187 Å². The number of para-hydroxylation sites is 1. The molecule has 0 amide bonds. The molecule has 1 aliphatic heterocycles. The van der Waals surface area contributed by atoms with Gasteiger partial charge in [-0.25, -0.2) is 13.8 Å². The average molecular weight is 486 g/mol. The highest BCUT2D eigenvalue weighted by Crippen LogP contribution is 2.47. The van der Waals surface area contributed by atoms with Crippen molar-refractivity contribution in [3.63, 3.8) is 0 Å². The zero-order valence-electron chi connectivity index (χ0n) is 17.7. The van der Waals surface area contributed by atoms with E-state index in [1.54, 1.807) is 18.2 Å². The fourth-order valence-electron chi connectivity index (χ4n) is 3.13. The highest BCUT2D eigenvalue weighted by atomic mass is 31.2. The number of ether oxygens (including phenoxy) is 1. The molecule has 1 saturated heterocycles. The van der Waals surface area contributed by atoms with Crippen molar-refractivity contribution in [2.24, 2.45) is 0 Å². The number of nitrogens with zero attached hydrogens (tertiary/aromatic N) is 2. The predicted molar refractivity (Wildman–Crippen MR) is 113 cm³/mol. The third-order valence-electron chi connectivity index (χ3n) is 4.92. The van der Waals surface area contributed by atoms with Crippen molar-refractivity contribution in [2.75, 3.05) is 12.3 Å². The van der Waals surface area contributed by atoms with Crippen LogP contribution in [-0.4, -0.2) is 56.3 Å². The van der Waals surface area contributed by atoms with Gasteiger partial charge in [-0.1, -0.05) is 18.2 Å². The molecule has 0 radical (unpaired) electrons. The number of hydrogen-bond donors (Lipinski definition) is 4. The second-order valence-electron chi connectivity index (χ2n) is 7.55. The van der Waals surface area contributed by atoms with E-state index in [1.807, 2.05) is 0 Å². The fourth-order valence-corrected chi connectivity index (χ4v) is 4.64. The maximum absolute atomic E-state index is 15.3. The van der Waals surface area contributed by atoms with Crippen LogP contribution < -0.4 is 21.0 Å². The van der Waals surface area contributed by atoms with Crippen molar-refractivity contribution in [3.05, 3.63) is 53.1 Å². The fraction of sp³-hybridized carbons (Fsp3) is 0.421. The summed E-state index contributed by atoms with van der Waals surface area (Å²) >= 11 is 0. The van der Waals surface area contributed by atoms with Crippen LogP contribution in [0.25, 0.3) is 0 Å². The molecule has 14 heteroatoms. The molecule has 0 spiro atoms. The molecule has 180 valence electrons. The van der Waals surface area contributed by atoms with E-state index in [0.717, 1.165) is 11.5 Å². The standard InChI is InChI=1S/C19H24FN4O8P/c1-11(16(26)27)23-33(29,32-12-6-4-3-5-7-12)30-10-13-15(25)19(2,20)17(31-13)24-9-8-14(21)22-18(24)28/h3-9,11,13,15,17,25H,10H2,1-2H3,(H,23,29)(H,26,27)(H2,21,22,28)/t11-,13+,15+,17+,19+,33-/m0/s1. The van der Waals surface area contributed by atoms with Gasteiger partial charge in [0.1, 0.15) is 29.8 Å². The highest BCUT2D eigenvalue weighted by Gasteiger charge is 2.56. The average Bonchev–Trinajstić information content (AvgIpc) is 2.96. The number of carbonyl (C=O) groups is 1. The minimum Gasteiger partial charge on any atom is -0.480 e. The molecule has 0 saturated carbocycles. The Morgan fingerprint density at radius 1 is 1.42 bits per heavy atom. The Bertz CT molecular complexity index is 1100. The van der Waals surface area contributed by atoms with Gasteiger partial charge in [0.25, 0.3) is 0 Å². The number of aliphatic carboxylic acids is 1. The van der Waals surface area contributed by atoms with Gasteiger partial charge in [-0.05, 0) is 32.0 Å². The van der Waals surface area contributed by atoms with E-state index in [-0.39, 0.29) is 11.6 Å². The lowest BCUT2D eigenvalue weighted by molar-refractivity contribution is -0.138. The van der Waals surface area contributed by atoms with Crippen LogP contribution in [0.5, 0.6) is 5.75 Å². The van der Waals surface area contributed by atoms with Crippen molar-refractivity contribution in [1.82, 2.24) is 14.6 Å². The second kappa shape index (κ2) is 9.57. The van der Waals surface area contributed by atoms with E-state index >= 15 is 4.39 Å². The number of carboxylic acid groups (broad SMARTS) is 1. The van der Waals surface area contributed by atoms with Gasteiger partial charge in [0.15, 0.2) is 11.9 Å². The molecule has 1 aromatic carbocycles. The first-order chi connectivity index (χ1) is 15.4. The summed E-state index contributed by atoms with van der Waals surface area (Å²) in [6.45, 7) is 1.59. The molecule has 2 aromatic rings. The van der Waals surface area contributed by atoms with Crippen molar-refractivity contribution >= 4 is 19.5 Å². The van der Waals surface area contributed by atoms with Gasteiger partial charge < -0.3 is 25.2 Å². The molecular weight excluding hydrogens is 462 g/mol. The van der Waals surface area contributed by atoms with E-state index in [0.29, 0.717) is 0 Å². The zero-order valence-corrected chi connectivity index (χ0v) is 18.6. The van der Waals surface area contributed by atoms with Crippen LogP contribution in [0, 0.1) is 0 Å². The van der Waals surface area contributed by atoms with E-state index < -0.39 is 56.2 Å². The minimum absolute atomic E-state index is 0.0761. The van der Waals surface area contributed by atoms with E-state index in [4.69, 9.17) is 24.6 Å². The number of nitrogen functional groups attached to an aromatic ring is 1. The van der Waals surface area contributed by atoms with Crippen LogP contribution in [-0.2, 0) is 18.6 Å². The number of aromatic nitrogens is 2. The molecular formula is C19H24FN4O8P. The molecule has 5 N–H and O–H groups in total. The summed E-state index contributed by atoms with van der Waals surface area (Å²) in [6, 6.07) is 7.76. The zero-order chi connectivity index (χ0) is 24.4. The van der Waals surface area contributed by atoms with Crippen molar-refractivity contribution in [1.29, 1.82) is 0 Å². The SMILES string of the molecule is C[C@H](N[P@](=O)(OC[C@H]1O[C@@H](n2ccc(N)nc2=O)[C@](C)(F)[C@@H]1O)Oc1ccccc1)C(=O)O. The first-order valence-electron chi connectivity index (χ1n) is 9.80. The second-order valence-corrected chi connectivity index (χ2v) is 9.25. The summed E-state index contributed by atoms with van der Waals surface area (Å²) in [4.78, 5) is 26.9. The van der Waals surface area contributed by atoms with Crippen molar-refractivity contribution in [3.8, 4) is 5.75 Å². The lowest BCUT2D eigenvalue weighted by Gasteiger charge is -2.25. The molecule has 1 aliphatic rings. The number of alkyl halides is 1. The molecule has 12 nitrogen and oxygen atoms in total. The number of rotatable bonds is 9. The Balaban J connectivity index is 1.80. The number of benzene rings is 1.